The van der Waals surface area contributed by atoms with E-state index in [1.54, 1.807) is 25.1 Å². The first-order chi connectivity index (χ1) is 7.90. The maximum Gasteiger partial charge on any atom is 0.301 e. The topological polar surface area (TPSA) is 69.6 Å². The lowest BCUT2D eigenvalue weighted by atomic mass is 10.1. The molecule has 0 aliphatic heterocycles. The molecular formula is C11H18N2O3S. The molecule has 0 amide bonds. The molecule has 0 aliphatic carbocycles. The van der Waals surface area contributed by atoms with Gasteiger partial charge in [0, 0.05) is 13.6 Å². The molecule has 0 saturated carbocycles. The standard InChI is InChI=1S/C11H18N2O3S/c1-4-13(3)17(15,16)12-11-7-10(8-14)6-5-9(11)2/h5-7,12,14H,4,8H2,1-3H3. The number of rotatable bonds is 5. The number of hydrogen-bond acceptors (Lipinski definition) is 3. The summed E-state index contributed by atoms with van der Waals surface area (Å²) in [5.41, 5.74) is 1.99. The number of aryl methyl sites for hydroxylation is 1. The van der Waals surface area contributed by atoms with E-state index in [2.05, 4.69) is 4.72 Å². The van der Waals surface area contributed by atoms with Crippen molar-refractivity contribution in [2.75, 3.05) is 18.3 Å². The summed E-state index contributed by atoms with van der Waals surface area (Å²) < 4.78 is 27.4. The Bertz CT molecular complexity index is 485. The molecule has 0 radical (unpaired) electrons. The van der Waals surface area contributed by atoms with Gasteiger partial charge in [-0.15, -0.1) is 0 Å². The van der Waals surface area contributed by atoms with Gasteiger partial charge in [-0.1, -0.05) is 19.1 Å². The molecule has 6 heteroatoms. The van der Waals surface area contributed by atoms with Crippen molar-refractivity contribution in [3.63, 3.8) is 0 Å². The molecule has 5 nitrogen and oxygen atoms in total. The van der Waals surface area contributed by atoms with Gasteiger partial charge in [-0.25, -0.2) is 0 Å². The van der Waals surface area contributed by atoms with Gasteiger partial charge in [0.05, 0.1) is 12.3 Å². The van der Waals surface area contributed by atoms with Gasteiger partial charge in [-0.3, -0.25) is 4.72 Å². The normalized spacial score (nSPS) is 11.8. The van der Waals surface area contributed by atoms with Crippen LogP contribution in [0, 0.1) is 6.92 Å². The second kappa shape index (κ2) is 5.48. The predicted molar refractivity (Wildman–Crippen MR) is 67.9 cm³/mol. The van der Waals surface area contributed by atoms with Crippen LogP contribution in [0.3, 0.4) is 0 Å². The van der Waals surface area contributed by atoms with Gasteiger partial charge in [-0.2, -0.15) is 12.7 Å². The van der Waals surface area contributed by atoms with Gasteiger partial charge in [0.1, 0.15) is 0 Å². The van der Waals surface area contributed by atoms with Crippen molar-refractivity contribution in [2.24, 2.45) is 0 Å². The molecule has 0 atom stereocenters. The lowest BCUT2D eigenvalue weighted by Gasteiger charge is -2.17. The molecule has 0 aromatic heterocycles. The van der Waals surface area contributed by atoms with Gasteiger partial charge >= 0.3 is 10.2 Å². The zero-order valence-electron chi connectivity index (χ0n) is 10.3. The predicted octanol–water partition coefficient (Wildman–Crippen LogP) is 1.10. The highest BCUT2D eigenvalue weighted by Crippen LogP contribution is 2.19. The first-order valence-corrected chi connectivity index (χ1v) is 6.79. The van der Waals surface area contributed by atoms with Gasteiger partial charge in [0.25, 0.3) is 0 Å². The summed E-state index contributed by atoms with van der Waals surface area (Å²) in [7, 11) is -2.00. The average Bonchev–Trinajstić information content (AvgIpc) is 2.30. The second-order valence-corrected chi connectivity index (χ2v) is 5.61. The van der Waals surface area contributed by atoms with Gasteiger partial charge in [-0.05, 0) is 24.1 Å². The molecule has 0 bridgehead atoms. The molecule has 0 unspecified atom stereocenters. The Hall–Kier alpha value is -1.11. The van der Waals surface area contributed by atoms with E-state index in [-0.39, 0.29) is 6.61 Å². The zero-order valence-corrected chi connectivity index (χ0v) is 11.1. The highest BCUT2D eigenvalue weighted by molar-refractivity contribution is 7.90. The Kier molecular flexibility index (Phi) is 4.50. The molecule has 0 saturated heterocycles. The summed E-state index contributed by atoms with van der Waals surface area (Å²) in [6, 6.07) is 5.17. The van der Waals surface area contributed by atoms with E-state index in [1.807, 2.05) is 6.92 Å². The van der Waals surface area contributed by atoms with Crippen molar-refractivity contribution < 1.29 is 13.5 Å². The summed E-state index contributed by atoms with van der Waals surface area (Å²) in [5, 5.41) is 9.02. The largest absolute Gasteiger partial charge is 0.392 e. The summed E-state index contributed by atoms with van der Waals surface area (Å²) in [6.45, 7) is 3.86. The molecule has 17 heavy (non-hydrogen) atoms. The van der Waals surface area contributed by atoms with E-state index >= 15 is 0 Å². The Morgan fingerprint density at radius 1 is 1.41 bits per heavy atom. The molecule has 0 spiro atoms. The number of nitrogens with zero attached hydrogens (tertiary/aromatic N) is 1. The average molecular weight is 258 g/mol. The minimum Gasteiger partial charge on any atom is -0.392 e. The highest BCUT2D eigenvalue weighted by atomic mass is 32.2. The highest BCUT2D eigenvalue weighted by Gasteiger charge is 2.16. The Labute approximate surface area is 102 Å². The fourth-order valence-electron chi connectivity index (χ4n) is 1.26. The van der Waals surface area contributed by atoms with Crippen molar-refractivity contribution in [1.29, 1.82) is 0 Å². The van der Waals surface area contributed by atoms with E-state index in [9.17, 15) is 8.42 Å². The molecule has 0 aliphatic rings. The minimum atomic E-state index is -3.51. The fourth-order valence-corrected chi connectivity index (χ4v) is 2.26. The number of nitrogens with one attached hydrogen (secondary N) is 1. The van der Waals surface area contributed by atoms with E-state index in [0.717, 1.165) is 5.56 Å². The Morgan fingerprint density at radius 3 is 2.59 bits per heavy atom. The maximum absolute atomic E-state index is 11.8. The van der Waals surface area contributed by atoms with Crippen LogP contribution in [0.4, 0.5) is 5.69 Å². The second-order valence-electron chi connectivity index (χ2n) is 3.83. The summed E-state index contributed by atoms with van der Waals surface area (Å²) in [6.07, 6.45) is 0. The molecule has 96 valence electrons. The fraction of sp³-hybridized carbons (Fsp3) is 0.455. The molecule has 0 heterocycles. The Morgan fingerprint density at radius 2 is 2.06 bits per heavy atom. The number of benzene rings is 1. The van der Waals surface area contributed by atoms with Crippen molar-refractivity contribution in [2.45, 2.75) is 20.5 Å². The summed E-state index contributed by atoms with van der Waals surface area (Å²) in [5.74, 6) is 0. The molecule has 1 aromatic carbocycles. The molecular weight excluding hydrogens is 240 g/mol. The third-order valence-corrected chi connectivity index (χ3v) is 4.14. The van der Waals surface area contributed by atoms with Crippen LogP contribution in [0.2, 0.25) is 0 Å². The van der Waals surface area contributed by atoms with Crippen molar-refractivity contribution in [3.8, 4) is 0 Å². The van der Waals surface area contributed by atoms with E-state index in [1.165, 1.54) is 11.4 Å². The van der Waals surface area contributed by atoms with Crippen molar-refractivity contribution in [3.05, 3.63) is 29.3 Å². The van der Waals surface area contributed by atoms with Crippen LogP contribution in [0.25, 0.3) is 0 Å². The van der Waals surface area contributed by atoms with Crippen molar-refractivity contribution in [1.82, 2.24) is 4.31 Å². The van der Waals surface area contributed by atoms with Crippen LogP contribution in [0.1, 0.15) is 18.1 Å². The van der Waals surface area contributed by atoms with E-state index in [0.29, 0.717) is 17.8 Å². The first-order valence-electron chi connectivity index (χ1n) is 5.35. The van der Waals surface area contributed by atoms with Crippen LogP contribution in [0.15, 0.2) is 18.2 Å². The van der Waals surface area contributed by atoms with E-state index < -0.39 is 10.2 Å². The molecule has 2 N–H and O–H groups in total. The lowest BCUT2D eigenvalue weighted by Crippen LogP contribution is -2.32. The molecule has 1 rings (SSSR count). The molecule has 0 fully saturated rings. The first kappa shape index (κ1) is 14.0. The van der Waals surface area contributed by atoms with Crippen LogP contribution in [-0.4, -0.2) is 31.4 Å². The minimum absolute atomic E-state index is 0.112. The number of aliphatic hydroxyl groups excluding tert-OH is 1. The number of aliphatic hydroxyl groups is 1. The third kappa shape index (κ3) is 3.42. The summed E-state index contributed by atoms with van der Waals surface area (Å²) >= 11 is 0. The number of anilines is 1. The Balaban J connectivity index is 3.02. The smallest absolute Gasteiger partial charge is 0.301 e. The van der Waals surface area contributed by atoms with Gasteiger partial charge in [0.15, 0.2) is 0 Å². The van der Waals surface area contributed by atoms with Crippen LogP contribution in [0.5, 0.6) is 0 Å². The zero-order chi connectivity index (χ0) is 13.1. The molecule has 1 aromatic rings. The number of hydrogen-bond donors (Lipinski definition) is 2. The maximum atomic E-state index is 11.8. The van der Waals surface area contributed by atoms with Gasteiger partial charge < -0.3 is 5.11 Å². The van der Waals surface area contributed by atoms with Crippen molar-refractivity contribution >= 4 is 15.9 Å². The summed E-state index contributed by atoms with van der Waals surface area (Å²) in [4.78, 5) is 0. The quantitative estimate of drug-likeness (QED) is 0.830. The monoisotopic (exact) mass is 258 g/mol. The van der Waals surface area contributed by atoms with Gasteiger partial charge in [0.2, 0.25) is 0 Å². The van der Waals surface area contributed by atoms with Crippen LogP contribution < -0.4 is 4.72 Å². The van der Waals surface area contributed by atoms with Crippen LogP contribution >= 0.6 is 0 Å². The van der Waals surface area contributed by atoms with E-state index in [4.69, 9.17) is 5.11 Å². The van der Waals surface area contributed by atoms with Crippen LogP contribution in [-0.2, 0) is 16.8 Å². The SMILES string of the molecule is CCN(C)S(=O)(=O)Nc1cc(CO)ccc1C. The lowest BCUT2D eigenvalue weighted by molar-refractivity contribution is 0.282. The third-order valence-electron chi connectivity index (χ3n) is 2.58.